The maximum Gasteiger partial charge on any atom is 0.132 e. The zero-order chi connectivity index (χ0) is 21.8. The average molecular weight is 433 g/mol. The summed E-state index contributed by atoms with van der Waals surface area (Å²) < 4.78 is 0. The molecule has 29 heavy (non-hydrogen) atoms. The molecule has 0 unspecified atom stereocenters. The molecule has 0 saturated heterocycles. The fraction of sp³-hybridized carbons (Fsp3) is 0.615. The second kappa shape index (κ2) is 9.92. The predicted molar refractivity (Wildman–Crippen MR) is 133 cm³/mol. The van der Waals surface area contributed by atoms with Gasteiger partial charge >= 0.3 is 0 Å². The Bertz CT molecular complexity index is 803. The van der Waals surface area contributed by atoms with E-state index in [1.165, 1.54) is 33.7 Å². The van der Waals surface area contributed by atoms with Gasteiger partial charge in [-0.2, -0.15) is 0 Å². The van der Waals surface area contributed by atoms with Gasteiger partial charge in [0.25, 0.3) is 0 Å². The summed E-state index contributed by atoms with van der Waals surface area (Å²) in [7, 11) is 0. The van der Waals surface area contributed by atoms with Crippen molar-refractivity contribution in [2.24, 2.45) is 0 Å². The molecule has 0 amide bonds. The summed E-state index contributed by atoms with van der Waals surface area (Å²) in [5.41, 5.74) is 3.96. The number of hydrogen-bond acceptors (Lipinski definition) is 3. The number of phenols is 1. The van der Waals surface area contributed by atoms with Crippen molar-refractivity contribution in [3.05, 3.63) is 33.5 Å². The van der Waals surface area contributed by atoms with Crippen LogP contribution in [0, 0.1) is 0 Å². The number of aromatic hydroxyl groups is 1. The number of thiophene rings is 1. The minimum absolute atomic E-state index is 0.0977. The van der Waals surface area contributed by atoms with Crippen LogP contribution in [-0.2, 0) is 17.3 Å². The number of unbranched alkanes of at least 4 members (excludes halogenated alkanes) is 2. The van der Waals surface area contributed by atoms with Crippen molar-refractivity contribution >= 4 is 23.1 Å². The maximum atomic E-state index is 10.9. The molecule has 0 bridgehead atoms. The lowest BCUT2D eigenvalue weighted by Gasteiger charge is -2.20. The van der Waals surface area contributed by atoms with Gasteiger partial charge in [-0.25, -0.2) is 0 Å². The molecule has 1 aromatic heterocycles. The van der Waals surface area contributed by atoms with Crippen LogP contribution in [0.25, 0.3) is 11.1 Å². The molecule has 2 aromatic rings. The second-order valence-electron chi connectivity index (χ2n) is 10.1. The summed E-state index contributed by atoms with van der Waals surface area (Å²) in [5.74, 6) is 1.57. The Kier molecular flexibility index (Phi) is 8.32. The second-order valence-corrected chi connectivity index (χ2v) is 12.3. The van der Waals surface area contributed by atoms with Crippen LogP contribution in [-0.4, -0.2) is 10.9 Å². The minimum atomic E-state index is 0.0977. The van der Waals surface area contributed by atoms with Crippen molar-refractivity contribution in [3.8, 4) is 16.9 Å². The Balaban J connectivity index is 2.62. The third kappa shape index (κ3) is 6.28. The highest BCUT2D eigenvalue weighted by atomic mass is 32.2. The van der Waals surface area contributed by atoms with Crippen molar-refractivity contribution in [1.29, 1.82) is 0 Å². The first-order valence-corrected chi connectivity index (χ1v) is 12.9. The zero-order valence-electron chi connectivity index (χ0n) is 19.7. The summed E-state index contributed by atoms with van der Waals surface area (Å²) in [6.45, 7) is 18.3. The van der Waals surface area contributed by atoms with Gasteiger partial charge < -0.3 is 5.11 Å². The lowest BCUT2D eigenvalue weighted by molar-refractivity contribution is 0.454. The summed E-state index contributed by atoms with van der Waals surface area (Å²) in [5, 5.41) is 10.9. The van der Waals surface area contributed by atoms with Crippen LogP contribution in [0.1, 0.15) is 96.4 Å². The van der Waals surface area contributed by atoms with E-state index in [4.69, 9.17) is 0 Å². The first kappa shape index (κ1) is 24.3. The number of thioether (sulfide) groups is 1. The average Bonchev–Trinajstić information content (AvgIpc) is 3.08. The van der Waals surface area contributed by atoms with E-state index in [2.05, 4.69) is 73.6 Å². The number of aryl methyl sites for hydroxylation is 1. The number of benzene rings is 1. The van der Waals surface area contributed by atoms with Crippen LogP contribution < -0.4 is 0 Å². The molecular formula is C26H40OS2. The lowest BCUT2D eigenvalue weighted by Crippen LogP contribution is -2.10. The van der Waals surface area contributed by atoms with Gasteiger partial charge in [-0.3, -0.25) is 0 Å². The van der Waals surface area contributed by atoms with Crippen LogP contribution in [0.4, 0.5) is 0 Å². The van der Waals surface area contributed by atoms with Crippen LogP contribution in [0.2, 0.25) is 0 Å². The highest BCUT2D eigenvalue weighted by molar-refractivity contribution is 7.99. The molecule has 0 radical (unpaired) electrons. The van der Waals surface area contributed by atoms with Crippen LogP contribution in [0.15, 0.2) is 23.1 Å². The van der Waals surface area contributed by atoms with E-state index in [0.717, 1.165) is 35.5 Å². The zero-order valence-corrected chi connectivity index (χ0v) is 21.4. The maximum absolute atomic E-state index is 10.9. The normalized spacial score (nSPS) is 12.6. The molecule has 0 atom stereocenters. The Labute approximate surface area is 187 Å². The van der Waals surface area contributed by atoms with Crippen LogP contribution in [0.5, 0.6) is 5.75 Å². The van der Waals surface area contributed by atoms with Gasteiger partial charge in [0.2, 0.25) is 0 Å². The fourth-order valence-corrected chi connectivity index (χ4v) is 5.77. The van der Waals surface area contributed by atoms with Crippen LogP contribution in [0.3, 0.4) is 0 Å². The molecule has 3 heteroatoms. The summed E-state index contributed by atoms with van der Waals surface area (Å²) in [6, 6.07) is 6.88. The molecule has 0 saturated carbocycles. The van der Waals surface area contributed by atoms with E-state index in [0.29, 0.717) is 5.75 Å². The molecule has 1 nitrogen and oxygen atoms in total. The van der Waals surface area contributed by atoms with E-state index in [1.807, 2.05) is 23.1 Å². The van der Waals surface area contributed by atoms with Gasteiger partial charge in [-0.05, 0) is 70.7 Å². The molecule has 1 N–H and O–H groups in total. The van der Waals surface area contributed by atoms with Gasteiger partial charge in [0.15, 0.2) is 0 Å². The van der Waals surface area contributed by atoms with Crippen molar-refractivity contribution in [2.45, 2.75) is 103 Å². The molecule has 0 spiro atoms. The van der Waals surface area contributed by atoms with E-state index in [1.54, 1.807) is 0 Å². The number of rotatable bonds is 8. The molecule has 0 aliphatic rings. The smallest absolute Gasteiger partial charge is 0.132 e. The quantitative estimate of drug-likeness (QED) is 0.332. The van der Waals surface area contributed by atoms with Gasteiger partial charge in [0.1, 0.15) is 5.75 Å². The first-order chi connectivity index (χ1) is 13.5. The molecule has 1 aromatic carbocycles. The minimum Gasteiger partial charge on any atom is -0.506 e. The molecule has 0 aliphatic heterocycles. The van der Waals surface area contributed by atoms with E-state index >= 15 is 0 Å². The number of phenolic OH excluding ortho intramolecular Hbond substituents is 1. The molecule has 2 rings (SSSR count). The van der Waals surface area contributed by atoms with Crippen molar-refractivity contribution in [2.75, 3.05) is 5.75 Å². The van der Waals surface area contributed by atoms with Crippen molar-refractivity contribution < 1.29 is 5.11 Å². The molecule has 0 fully saturated rings. The molecule has 0 aliphatic carbocycles. The van der Waals surface area contributed by atoms with E-state index < -0.39 is 0 Å². The monoisotopic (exact) mass is 432 g/mol. The summed E-state index contributed by atoms with van der Waals surface area (Å²) in [6.07, 6.45) is 5.56. The Hall–Kier alpha value is -0.930. The molecule has 1 heterocycles. The highest BCUT2D eigenvalue weighted by Gasteiger charge is 2.27. The van der Waals surface area contributed by atoms with Crippen molar-refractivity contribution in [3.63, 3.8) is 0 Å². The summed E-state index contributed by atoms with van der Waals surface area (Å²) in [4.78, 5) is 3.92. The predicted octanol–water partition coefficient (Wildman–Crippen LogP) is 8.95. The topological polar surface area (TPSA) is 20.2 Å². The summed E-state index contributed by atoms with van der Waals surface area (Å²) >= 11 is 3.76. The lowest BCUT2D eigenvalue weighted by atomic mass is 9.87. The Morgan fingerprint density at radius 3 is 2.10 bits per heavy atom. The molecule has 162 valence electrons. The largest absolute Gasteiger partial charge is 0.506 e. The SMILES string of the molecule is CCCCSc1cc(-c2cc(C(C)(C)C)sc2C(C)(C)C)cc(CCCC)c1O. The Morgan fingerprint density at radius 1 is 0.897 bits per heavy atom. The fourth-order valence-electron chi connectivity index (χ4n) is 3.35. The number of hydrogen-bond donors (Lipinski definition) is 1. The van der Waals surface area contributed by atoms with E-state index in [9.17, 15) is 5.11 Å². The Morgan fingerprint density at radius 2 is 1.55 bits per heavy atom. The van der Waals surface area contributed by atoms with Gasteiger partial charge in [0, 0.05) is 14.6 Å². The van der Waals surface area contributed by atoms with E-state index in [-0.39, 0.29) is 10.8 Å². The van der Waals surface area contributed by atoms with Gasteiger partial charge in [-0.15, -0.1) is 23.1 Å². The van der Waals surface area contributed by atoms with Crippen molar-refractivity contribution in [1.82, 2.24) is 0 Å². The van der Waals surface area contributed by atoms with Gasteiger partial charge in [-0.1, -0.05) is 68.2 Å². The van der Waals surface area contributed by atoms with Crippen LogP contribution >= 0.6 is 23.1 Å². The highest BCUT2D eigenvalue weighted by Crippen LogP contribution is 2.45. The standard InChI is InChI=1S/C26H40OS2/c1-9-11-13-18-15-19(16-21(23(18)27)28-14-12-10-2)20-17-22(25(3,4)5)29-24(20)26(6,7)8/h15-17,27H,9-14H2,1-8H3. The third-order valence-corrected chi connectivity index (χ3v) is 8.27. The molecular weight excluding hydrogens is 392 g/mol. The first-order valence-electron chi connectivity index (χ1n) is 11.1. The third-order valence-electron chi connectivity index (χ3n) is 5.17. The van der Waals surface area contributed by atoms with Gasteiger partial charge in [0.05, 0.1) is 0 Å².